The first-order valence-electron chi connectivity index (χ1n) is 6.65. The lowest BCUT2D eigenvalue weighted by molar-refractivity contribution is -0.141. The van der Waals surface area contributed by atoms with E-state index in [0.717, 1.165) is 4.88 Å². The van der Waals surface area contributed by atoms with Crippen LogP contribution >= 0.6 is 11.3 Å². The Morgan fingerprint density at radius 3 is 2.45 bits per heavy atom. The molecule has 0 spiro atoms. The summed E-state index contributed by atoms with van der Waals surface area (Å²) in [6, 6.07) is 3.34. The Kier molecular flexibility index (Phi) is 6.01. The van der Waals surface area contributed by atoms with Crippen molar-refractivity contribution in [1.82, 2.24) is 10.2 Å². The second kappa shape index (κ2) is 7.28. The summed E-state index contributed by atoms with van der Waals surface area (Å²) in [5.74, 6) is -1.53. The average Bonchev–Trinajstić information content (AvgIpc) is 2.86. The molecule has 0 aromatic carbocycles. The number of thiophene rings is 1. The molecule has 20 heavy (non-hydrogen) atoms. The maximum Gasteiger partial charge on any atom is 0.318 e. The van der Waals surface area contributed by atoms with Gasteiger partial charge in [0.25, 0.3) is 0 Å². The maximum absolute atomic E-state index is 12.3. The SMILES string of the molecule is CC(NC(=O)N(Cc1cccs1)C(C)C)C(C)C(=O)O. The monoisotopic (exact) mass is 298 g/mol. The van der Waals surface area contributed by atoms with Gasteiger partial charge in [0, 0.05) is 17.0 Å². The van der Waals surface area contributed by atoms with Gasteiger partial charge in [-0.15, -0.1) is 11.3 Å². The highest BCUT2D eigenvalue weighted by molar-refractivity contribution is 7.09. The third kappa shape index (κ3) is 4.52. The molecule has 0 aliphatic carbocycles. The van der Waals surface area contributed by atoms with Crippen LogP contribution in [0.4, 0.5) is 4.79 Å². The number of carbonyl (C=O) groups is 2. The Labute approximate surface area is 123 Å². The van der Waals surface area contributed by atoms with E-state index >= 15 is 0 Å². The zero-order chi connectivity index (χ0) is 15.3. The van der Waals surface area contributed by atoms with Crippen molar-refractivity contribution in [2.45, 2.75) is 46.3 Å². The Balaban J connectivity index is 2.67. The fraction of sp³-hybridized carbons (Fsp3) is 0.571. The lowest BCUT2D eigenvalue weighted by atomic mass is 10.0. The van der Waals surface area contributed by atoms with Crippen LogP contribution in [-0.4, -0.2) is 34.1 Å². The van der Waals surface area contributed by atoms with E-state index in [0.29, 0.717) is 6.54 Å². The number of nitrogens with zero attached hydrogens (tertiary/aromatic N) is 1. The number of urea groups is 1. The first kappa shape index (κ1) is 16.5. The van der Waals surface area contributed by atoms with E-state index in [9.17, 15) is 9.59 Å². The fourth-order valence-electron chi connectivity index (χ4n) is 1.68. The van der Waals surface area contributed by atoms with Gasteiger partial charge in [0.05, 0.1) is 12.5 Å². The molecule has 0 fully saturated rings. The Morgan fingerprint density at radius 2 is 2.00 bits per heavy atom. The van der Waals surface area contributed by atoms with Crippen molar-refractivity contribution in [2.24, 2.45) is 5.92 Å². The molecule has 1 heterocycles. The quantitative estimate of drug-likeness (QED) is 0.848. The highest BCUT2D eigenvalue weighted by Gasteiger charge is 2.24. The number of rotatable bonds is 6. The van der Waals surface area contributed by atoms with Crippen molar-refractivity contribution in [3.8, 4) is 0 Å². The van der Waals surface area contributed by atoms with Gasteiger partial charge >= 0.3 is 12.0 Å². The topological polar surface area (TPSA) is 69.6 Å². The molecule has 1 rings (SSSR count). The molecule has 2 amide bonds. The number of aliphatic carboxylic acids is 1. The van der Waals surface area contributed by atoms with Crippen LogP contribution in [0.15, 0.2) is 17.5 Å². The lowest BCUT2D eigenvalue weighted by Gasteiger charge is -2.29. The van der Waals surface area contributed by atoms with Crippen molar-refractivity contribution in [3.63, 3.8) is 0 Å². The molecule has 5 nitrogen and oxygen atoms in total. The molecular weight excluding hydrogens is 276 g/mol. The summed E-state index contributed by atoms with van der Waals surface area (Å²) < 4.78 is 0. The summed E-state index contributed by atoms with van der Waals surface area (Å²) in [4.78, 5) is 26.0. The minimum absolute atomic E-state index is 0.0458. The van der Waals surface area contributed by atoms with Gasteiger partial charge in [-0.2, -0.15) is 0 Å². The summed E-state index contributed by atoms with van der Waals surface area (Å²) in [5.41, 5.74) is 0. The van der Waals surface area contributed by atoms with Gasteiger partial charge in [0.2, 0.25) is 0 Å². The maximum atomic E-state index is 12.3. The van der Waals surface area contributed by atoms with Crippen LogP contribution < -0.4 is 5.32 Å². The molecule has 112 valence electrons. The molecule has 6 heteroatoms. The minimum Gasteiger partial charge on any atom is -0.481 e. The lowest BCUT2D eigenvalue weighted by Crippen LogP contribution is -2.49. The summed E-state index contributed by atoms with van der Waals surface area (Å²) in [5, 5.41) is 13.7. The van der Waals surface area contributed by atoms with Crippen molar-refractivity contribution >= 4 is 23.3 Å². The second-order valence-electron chi connectivity index (χ2n) is 5.17. The van der Waals surface area contributed by atoms with Gasteiger partial charge in [-0.1, -0.05) is 6.07 Å². The molecule has 2 unspecified atom stereocenters. The third-order valence-electron chi connectivity index (χ3n) is 3.28. The van der Waals surface area contributed by atoms with Crippen LogP contribution in [0.5, 0.6) is 0 Å². The number of nitrogens with one attached hydrogen (secondary N) is 1. The number of carbonyl (C=O) groups excluding carboxylic acids is 1. The molecule has 1 aromatic heterocycles. The van der Waals surface area contributed by atoms with Gasteiger partial charge in [0.1, 0.15) is 0 Å². The number of hydrogen-bond acceptors (Lipinski definition) is 3. The highest BCUT2D eigenvalue weighted by atomic mass is 32.1. The van der Waals surface area contributed by atoms with Gasteiger partial charge in [0.15, 0.2) is 0 Å². The van der Waals surface area contributed by atoms with Crippen molar-refractivity contribution in [3.05, 3.63) is 22.4 Å². The molecule has 0 bridgehead atoms. The number of carboxylic acids is 1. The number of carboxylic acid groups (broad SMARTS) is 1. The van der Waals surface area contributed by atoms with Gasteiger partial charge in [-0.25, -0.2) is 4.79 Å². The van der Waals surface area contributed by atoms with Gasteiger partial charge < -0.3 is 15.3 Å². The first-order chi connectivity index (χ1) is 9.32. The van der Waals surface area contributed by atoms with Crippen LogP contribution in [0.1, 0.15) is 32.6 Å². The second-order valence-corrected chi connectivity index (χ2v) is 6.20. The van der Waals surface area contributed by atoms with E-state index < -0.39 is 17.9 Å². The van der Waals surface area contributed by atoms with Crippen molar-refractivity contribution in [1.29, 1.82) is 0 Å². The smallest absolute Gasteiger partial charge is 0.318 e. The standard InChI is InChI=1S/C14H22N2O3S/c1-9(2)16(8-12-6-5-7-20-12)14(19)15-11(4)10(3)13(17)18/h5-7,9-11H,8H2,1-4H3,(H,15,19)(H,17,18). The fourth-order valence-corrected chi connectivity index (χ4v) is 2.38. The van der Waals surface area contributed by atoms with E-state index in [1.807, 2.05) is 31.4 Å². The molecule has 0 aliphatic heterocycles. The Bertz CT molecular complexity index is 445. The molecule has 0 saturated carbocycles. The first-order valence-corrected chi connectivity index (χ1v) is 7.53. The predicted octanol–water partition coefficient (Wildman–Crippen LogP) is 2.78. The van der Waals surface area contributed by atoms with Crippen LogP contribution in [0.2, 0.25) is 0 Å². The normalized spacial score (nSPS) is 13.8. The Hall–Kier alpha value is -1.56. The third-order valence-corrected chi connectivity index (χ3v) is 4.14. The molecule has 2 atom stereocenters. The predicted molar refractivity (Wildman–Crippen MR) is 79.8 cm³/mol. The molecule has 0 saturated heterocycles. The highest BCUT2D eigenvalue weighted by Crippen LogP contribution is 2.14. The summed E-state index contributed by atoms with van der Waals surface area (Å²) in [7, 11) is 0. The van der Waals surface area contributed by atoms with Crippen LogP contribution in [-0.2, 0) is 11.3 Å². The zero-order valence-corrected chi connectivity index (χ0v) is 13.1. The Morgan fingerprint density at radius 1 is 1.35 bits per heavy atom. The summed E-state index contributed by atoms with van der Waals surface area (Å²) >= 11 is 1.60. The average molecular weight is 298 g/mol. The number of amides is 2. The largest absolute Gasteiger partial charge is 0.481 e. The zero-order valence-electron chi connectivity index (χ0n) is 12.3. The molecule has 0 radical (unpaired) electrons. The molecule has 1 aromatic rings. The van der Waals surface area contributed by atoms with Crippen LogP contribution in [0, 0.1) is 5.92 Å². The molecular formula is C14H22N2O3S. The van der Waals surface area contributed by atoms with Gasteiger partial charge in [-0.3, -0.25) is 4.79 Å². The van der Waals surface area contributed by atoms with Crippen molar-refractivity contribution in [2.75, 3.05) is 0 Å². The summed E-state index contributed by atoms with van der Waals surface area (Å²) in [6.07, 6.45) is 0. The number of hydrogen-bond donors (Lipinski definition) is 2. The van der Waals surface area contributed by atoms with Gasteiger partial charge in [-0.05, 0) is 39.1 Å². The van der Waals surface area contributed by atoms with Crippen LogP contribution in [0.3, 0.4) is 0 Å². The van der Waals surface area contributed by atoms with E-state index in [1.165, 1.54) is 0 Å². The van der Waals surface area contributed by atoms with E-state index in [2.05, 4.69) is 5.32 Å². The van der Waals surface area contributed by atoms with E-state index in [4.69, 9.17) is 5.11 Å². The minimum atomic E-state index is -0.910. The molecule has 0 aliphatic rings. The van der Waals surface area contributed by atoms with E-state index in [-0.39, 0.29) is 12.1 Å². The van der Waals surface area contributed by atoms with Crippen LogP contribution in [0.25, 0.3) is 0 Å². The molecule has 2 N–H and O–H groups in total. The van der Waals surface area contributed by atoms with E-state index in [1.54, 1.807) is 30.1 Å². The van der Waals surface area contributed by atoms with Crippen molar-refractivity contribution < 1.29 is 14.7 Å². The summed E-state index contributed by atoms with van der Waals surface area (Å²) in [6.45, 7) is 7.72.